The SMILES string of the molecule is CC1(C)c2ccc3c4c2c2c1cccc2n(-c1ccc2sc5ccccc5c2c1)c1cccc(c41)n3-c1cccc(-c2ccccc2)c1. The Labute approximate surface area is 281 Å². The Bertz CT molecular complexity index is 2970. The number of hydrogen-bond donors (Lipinski definition) is 0. The average Bonchev–Trinajstić information content (AvgIpc) is 3.71. The molecule has 0 radical (unpaired) electrons. The molecular formula is C45H30N2S. The van der Waals surface area contributed by atoms with Crippen molar-refractivity contribution in [3.05, 3.63) is 157 Å². The first-order valence-corrected chi connectivity index (χ1v) is 17.5. The molecule has 1 aliphatic rings. The third kappa shape index (κ3) is 3.31. The first-order valence-electron chi connectivity index (χ1n) is 16.7. The van der Waals surface area contributed by atoms with Gasteiger partial charge in [-0.2, -0.15) is 0 Å². The third-order valence-electron chi connectivity index (χ3n) is 10.9. The second-order valence-electron chi connectivity index (χ2n) is 13.7. The number of thiophene rings is 1. The van der Waals surface area contributed by atoms with Gasteiger partial charge in [-0.05, 0) is 88.3 Å². The topological polar surface area (TPSA) is 9.86 Å². The Kier molecular flexibility index (Phi) is 5.09. The van der Waals surface area contributed by atoms with Gasteiger partial charge >= 0.3 is 0 Å². The molecule has 10 aromatic rings. The van der Waals surface area contributed by atoms with Gasteiger partial charge in [0.25, 0.3) is 0 Å². The molecule has 0 spiro atoms. The third-order valence-corrected chi connectivity index (χ3v) is 12.0. The number of aromatic nitrogens is 2. The monoisotopic (exact) mass is 630 g/mol. The predicted molar refractivity (Wildman–Crippen MR) is 206 cm³/mol. The molecule has 226 valence electrons. The Balaban J connectivity index is 1.33. The maximum atomic E-state index is 2.54. The molecule has 0 fully saturated rings. The van der Waals surface area contributed by atoms with Gasteiger partial charge in [0, 0.05) is 53.1 Å². The molecule has 3 heterocycles. The highest BCUT2D eigenvalue weighted by Crippen LogP contribution is 2.53. The minimum absolute atomic E-state index is 0.109. The predicted octanol–water partition coefficient (Wildman–Crippen LogP) is 12.6. The van der Waals surface area contributed by atoms with Gasteiger partial charge in [0.15, 0.2) is 0 Å². The van der Waals surface area contributed by atoms with Crippen LogP contribution in [-0.4, -0.2) is 9.13 Å². The van der Waals surface area contributed by atoms with Crippen molar-refractivity contribution in [2.75, 3.05) is 0 Å². The second kappa shape index (κ2) is 9.25. The fourth-order valence-corrected chi connectivity index (χ4v) is 9.83. The van der Waals surface area contributed by atoms with E-state index in [1.165, 1.54) is 97.4 Å². The fraction of sp³-hybridized carbons (Fsp3) is 0.0667. The molecule has 0 N–H and O–H groups in total. The molecule has 11 rings (SSSR count). The number of fused-ring (bicyclic) bond motifs is 3. The van der Waals surface area contributed by atoms with Crippen LogP contribution in [0, 0.1) is 0 Å². The van der Waals surface area contributed by atoms with E-state index in [0.29, 0.717) is 0 Å². The lowest BCUT2D eigenvalue weighted by atomic mass is 9.81. The molecule has 0 aliphatic heterocycles. The van der Waals surface area contributed by atoms with Crippen LogP contribution in [0.15, 0.2) is 146 Å². The lowest BCUT2D eigenvalue weighted by Crippen LogP contribution is -2.15. The van der Waals surface area contributed by atoms with Crippen molar-refractivity contribution in [1.82, 2.24) is 9.13 Å². The smallest absolute Gasteiger partial charge is 0.0562 e. The van der Waals surface area contributed by atoms with Gasteiger partial charge in [-0.3, -0.25) is 0 Å². The zero-order chi connectivity index (χ0) is 31.7. The molecule has 48 heavy (non-hydrogen) atoms. The first kappa shape index (κ1) is 26.4. The van der Waals surface area contributed by atoms with E-state index in [0.717, 1.165) is 0 Å². The minimum atomic E-state index is -0.109. The van der Waals surface area contributed by atoms with Crippen molar-refractivity contribution >= 4 is 75.1 Å². The Morgan fingerprint density at radius 1 is 0.417 bits per heavy atom. The minimum Gasteiger partial charge on any atom is -0.309 e. The van der Waals surface area contributed by atoms with Gasteiger partial charge in [0.2, 0.25) is 0 Å². The molecule has 0 saturated heterocycles. The Morgan fingerprint density at radius 2 is 1.04 bits per heavy atom. The average molecular weight is 631 g/mol. The molecule has 7 aromatic carbocycles. The highest BCUT2D eigenvalue weighted by atomic mass is 32.1. The second-order valence-corrected chi connectivity index (χ2v) is 14.8. The van der Waals surface area contributed by atoms with E-state index in [2.05, 4.69) is 169 Å². The standard InChI is InChI=1S/C45H30N2S/c1-45(2)33-16-9-17-35-41(33)42-34(45)22-23-38-44(42)43-36(46(38)29-14-8-13-28(25-29)27-11-4-3-5-12-27)18-10-19-37(43)47(35)30-21-24-40-32(26-30)31-15-6-7-20-39(31)48-40/h3-26H,1-2H3. The highest BCUT2D eigenvalue weighted by molar-refractivity contribution is 7.25. The number of nitrogens with zero attached hydrogens (tertiary/aromatic N) is 2. The molecule has 0 amide bonds. The number of benzene rings is 7. The maximum absolute atomic E-state index is 2.54. The molecule has 1 aliphatic carbocycles. The van der Waals surface area contributed by atoms with Gasteiger partial charge < -0.3 is 9.13 Å². The maximum Gasteiger partial charge on any atom is 0.0562 e. The van der Waals surface area contributed by atoms with Gasteiger partial charge in [0.1, 0.15) is 0 Å². The van der Waals surface area contributed by atoms with Gasteiger partial charge in [-0.1, -0.05) is 98.8 Å². The van der Waals surface area contributed by atoms with Crippen LogP contribution in [0.3, 0.4) is 0 Å². The van der Waals surface area contributed by atoms with E-state index in [4.69, 9.17) is 0 Å². The summed E-state index contributed by atoms with van der Waals surface area (Å²) in [7, 11) is 0. The van der Waals surface area contributed by atoms with Crippen molar-refractivity contribution in [3.63, 3.8) is 0 Å². The lowest BCUT2D eigenvalue weighted by molar-refractivity contribution is 0.663. The van der Waals surface area contributed by atoms with Crippen LogP contribution in [0.5, 0.6) is 0 Å². The number of hydrogen-bond acceptors (Lipinski definition) is 1. The lowest BCUT2D eigenvalue weighted by Gasteiger charge is -2.22. The van der Waals surface area contributed by atoms with Crippen LogP contribution < -0.4 is 0 Å². The van der Waals surface area contributed by atoms with Gasteiger partial charge in [0.05, 0.1) is 22.1 Å². The van der Waals surface area contributed by atoms with Crippen LogP contribution in [-0.2, 0) is 5.41 Å². The zero-order valence-corrected chi connectivity index (χ0v) is 27.5. The summed E-state index contributed by atoms with van der Waals surface area (Å²) in [6.45, 7) is 4.79. The quantitative estimate of drug-likeness (QED) is 0.184. The molecular weight excluding hydrogens is 601 g/mol. The Hall–Kier alpha value is -5.64. The van der Waals surface area contributed by atoms with Crippen molar-refractivity contribution in [2.24, 2.45) is 0 Å². The van der Waals surface area contributed by atoms with Gasteiger partial charge in [-0.25, -0.2) is 0 Å². The van der Waals surface area contributed by atoms with E-state index in [1.807, 2.05) is 11.3 Å². The molecule has 2 nitrogen and oxygen atoms in total. The Morgan fingerprint density at radius 3 is 1.88 bits per heavy atom. The molecule has 3 aromatic heterocycles. The molecule has 3 heteroatoms. The van der Waals surface area contributed by atoms with E-state index in [-0.39, 0.29) is 5.41 Å². The van der Waals surface area contributed by atoms with Crippen LogP contribution in [0.25, 0.3) is 86.3 Å². The van der Waals surface area contributed by atoms with Gasteiger partial charge in [-0.15, -0.1) is 11.3 Å². The molecule has 0 saturated carbocycles. The number of rotatable bonds is 3. The first-order chi connectivity index (χ1) is 23.6. The molecule has 0 unspecified atom stereocenters. The summed E-state index contributed by atoms with van der Waals surface area (Å²) in [6.07, 6.45) is 0. The summed E-state index contributed by atoms with van der Waals surface area (Å²) in [5, 5.41) is 8.06. The highest BCUT2D eigenvalue weighted by Gasteiger charge is 2.36. The van der Waals surface area contributed by atoms with Crippen molar-refractivity contribution in [2.45, 2.75) is 19.3 Å². The van der Waals surface area contributed by atoms with Crippen LogP contribution in [0.4, 0.5) is 0 Å². The van der Waals surface area contributed by atoms with E-state index >= 15 is 0 Å². The van der Waals surface area contributed by atoms with Crippen molar-refractivity contribution < 1.29 is 0 Å². The summed E-state index contributed by atoms with van der Waals surface area (Å²) in [5.41, 5.74) is 12.5. The summed E-state index contributed by atoms with van der Waals surface area (Å²) < 4.78 is 7.69. The van der Waals surface area contributed by atoms with E-state index in [1.54, 1.807) is 0 Å². The van der Waals surface area contributed by atoms with E-state index in [9.17, 15) is 0 Å². The van der Waals surface area contributed by atoms with Crippen LogP contribution >= 0.6 is 11.3 Å². The largest absolute Gasteiger partial charge is 0.309 e. The summed E-state index contributed by atoms with van der Waals surface area (Å²) in [4.78, 5) is 0. The van der Waals surface area contributed by atoms with Crippen LogP contribution in [0.2, 0.25) is 0 Å². The summed E-state index contributed by atoms with van der Waals surface area (Å²) >= 11 is 1.88. The summed E-state index contributed by atoms with van der Waals surface area (Å²) in [6, 6.07) is 54.2. The zero-order valence-electron chi connectivity index (χ0n) is 26.7. The fourth-order valence-electron chi connectivity index (χ4n) is 8.75. The van der Waals surface area contributed by atoms with Crippen molar-refractivity contribution in [3.8, 4) is 22.5 Å². The normalized spacial score (nSPS) is 13.8. The summed E-state index contributed by atoms with van der Waals surface area (Å²) in [5.74, 6) is 0. The molecule has 0 atom stereocenters. The van der Waals surface area contributed by atoms with E-state index < -0.39 is 0 Å². The van der Waals surface area contributed by atoms with Crippen LogP contribution in [0.1, 0.15) is 25.0 Å². The van der Waals surface area contributed by atoms with Crippen molar-refractivity contribution in [1.29, 1.82) is 0 Å². The molecule has 0 bridgehead atoms.